The summed E-state index contributed by atoms with van der Waals surface area (Å²) in [6.45, 7) is 4.08. The van der Waals surface area contributed by atoms with Crippen LogP contribution in [-0.4, -0.2) is 28.1 Å². The van der Waals surface area contributed by atoms with Crippen LogP contribution in [0.3, 0.4) is 0 Å². The van der Waals surface area contributed by atoms with Gasteiger partial charge in [-0.3, -0.25) is 0 Å². The van der Waals surface area contributed by atoms with Crippen LogP contribution in [0.1, 0.15) is 25.5 Å². The van der Waals surface area contributed by atoms with E-state index in [1.165, 1.54) is 0 Å². The van der Waals surface area contributed by atoms with E-state index in [9.17, 15) is 4.39 Å². The first-order valence-corrected chi connectivity index (χ1v) is 5.05. The molecular formula is C9H15FN4. The summed E-state index contributed by atoms with van der Waals surface area (Å²) in [5.41, 5.74) is -0.605. The van der Waals surface area contributed by atoms with Crippen molar-refractivity contribution in [3.05, 3.63) is 11.9 Å². The van der Waals surface area contributed by atoms with E-state index < -0.39 is 5.67 Å². The second-order valence-electron chi connectivity index (χ2n) is 3.65. The number of hydrogen-bond donors (Lipinski definition) is 1. The van der Waals surface area contributed by atoms with E-state index in [0.29, 0.717) is 25.1 Å². The highest BCUT2D eigenvalue weighted by Crippen LogP contribution is 2.34. The van der Waals surface area contributed by atoms with Crippen molar-refractivity contribution in [2.45, 2.75) is 32.0 Å². The van der Waals surface area contributed by atoms with E-state index in [1.807, 2.05) is 6.92 Å². The van der Waals surface area contributed by atoms with Crippen molar-refractivity contribution in [1.29, 1.82) is 0 Å². The van der Waals surface area contributed by atoms with Crippen LogP contribution in [0.25, 0.3) is 0 Å². The molecule has 78 valence electrons. The number of aromatic nitrogens is 3. The van der Waals surface area contributed by atoms with Crippen molar-refractivity contribution >= 4 is 0 Å². The molecule has 1 N–H and O–H groups in total. The van der Waals surface area contributed by atoms with Gasteiger partial charge >= 0.3 is 0 Å². The van der Waals surface area contributed by atoms with Crippen molar-refractivity contribution in [2.75, 3.05) is 13.1 Å². The number of hydrogen-bond acceptors (Lipinski definition) is 3. The fraction of sp³-hybridized carbons (Fsp3) is 0.778. The third-order valence-electron chi connectivity index (χ3n) is 2.77. The molecule has 1 saturated heterocycles. The summed E-state index contributed by atoms with van der Waals surface area (Å²) in [5, 5.41) is 10.8. The topological polar surface area (TPSA) is 42.7 Å². The van der Waals surface area contributed by atoms with Crippen LogP contribution in [0.2, 0.25) is 0 Å². The van der Waals surface area contributed by atoms with Gasteiger partial charge in [0.2, 0.25) is 0 Å². The Morgan fingerprint density at radius 2 is 2.29 bits per heavy atom. The fourth-order valence-corrected chi connectivity index (χ4v) is 1.92. The van der Waals surface area contributed by atoms with Gasteiger partial charge in [0.05, 0.1) is 11.9 Å². The predicted octanol–water partition coefficient (Wildman–Crippen LogP) is 0.846. The van der Waals surface area contributed by atoms with E-state index in [-0.39, 0.29) is 0 Å². The summed E-state index contributed by atoms with van der Waals surface area (Å²) in [6, 6.07) is 0. The lowest BCUT2D eigenvalue weighted by molar-refractivity contribution is 0.103. The molecule has 0 aliphatic carbocycles. The number of rotatable bonds is 2. The van der Waals surface area contributed by atoms with Gasteiger partial charge < -0.3 is 5.32 Å². The van der Waals surface area contributed by atoms with Gasteiger partial charge in [0.15, 0.2) is 5.67 Å². The van der Waals surface area contributed by atoms with Crippen LogP contribution in [0, 0.1) is 0 Å². The summed E-state index contributed by atoms with van der Waals surface area (Å²) in [7, 11) is 0. The first kappa shape index (κ1) is 9.58. The monoisotopic (exact) mass is 198 g/mol. The van der Waals surface area contributed by atoms with E-state index in [0.717, 1.165) is 13.1 Å². The summed E-state index contributed by atoms with van der Waals surface area (Å²) in [5.74, 6) is 0. The predicted molar refractivity (Wildman–Crippen MR) is 50.6 cm³/mol. The van der Waals surface area contributed by atoms with Gasteiger partial charge in [-0.15, -0.1) is 5.10 Å². The molecule has 14 heavy (non-hydrogen) atoms. The lowest BCUT2D eigenvalue weighted by Gasteiger charge is -2.29. The lowest BCUT2D eigenvalue weighted by atomic mass is 9.91. The molecule has 0 spiro atoms. The molecule has 1 fully saturated rings. The molecule has 0 unspecified atom stereocenters. The molecule has 0 saturated carbocycles. The maximum absolute atomic E-state index is 14.4. The summed E-state index contributed by atoms with van der Waals surface area (Å²) < 4.78 is 16.1. The Morgan fingerprint density at radius 1 is 1.57 bits per heavy atom. The number of nitrogens with one attached hydrogen (secondary N) is 1. The van der Waals surface area contributed by atoms with Crippen molar-refractivity contribution in [3.63, 3.8) is 0 Å². The molecule has 2 rings (SSSR count). The van der Waals surface area contributed by atoms with E-state index in [2.05, 4.69) is 15.6 Å². The lowest BCUT2D eigenvalue weighted by Crippen LogP contribution is -2.38. The average molecular weight is 198 g/mol. The Kier molecular flexibility index (Phi) is 2.50. The van der Waals surface area contributed by atoms with E-state index >= 15 is 0 Å². The smallest absolute Gasteiger partial charge is 0.156 e. The Balaban J connectivity index is 2.27. The molecule has 0 bridgehead atoms. The van der Waals surface area contributed by atoms with Crippen molar-refractivity contribution < 1.29 is 4.39 Å². The number of halogens is 1. The second-order valence-corrected chi connectivity index (χ2v) is 3.65. The fourth-order valence-electron chi connectivity index (χ4n) is 1.92. The van der Waals surface area contributed by atoms with Gasteiger partial charge in [-0.05, 0) is 32.9 Å². The number of aryl methyl sites for hydroxylation is 1. The highest BCUT2D eigenvalue weighted by molar-refractivity contribution is 5.10. The average Bonchev–Trinajstić information content (AvgIpc) is 2.67. The van der Waals surface area contributed by atoms with Crippen LogP contribution in [-0.2, 0) is 12.2 Å². The molecule has 1 aromatic heterocycles. The van der Waals surface area contributed by atoms with Crippen LogP contribution < -0.4 is 5.32 Å². The summed E-state index contributed by atoms with van der Waals surface area (Å²) in [4.78, 5) is 0. The number of alkyl halides is 1. The zero-order valence-electron chi connectivity index (χ0n) is 8.33. The maximum Gasteiger partial charge on any atom is 0.156 e. The Morgan fingerprint density at radius 3 is 2.93 bits per heavy atom. The first-order chi connectivity index (χ1) is 6.76. The molecule has 1 aliphatic heterocycles. The Labute approximate surface area is 82.5 Å². The van der Waals surface area contributed by atoms with Gasteiger partial charge in [-0.25, -0.2) is 9.07 Å². The second kappa shape index (κ2) is 3.65. The molecule has 0 radical (unpaired) electrons. The van der Waals surface area contributed by atoms with Gasteiger partial charge in [-0.1, -0.05) is 5.21 Å². The van der Waals surface area contributed by atoms with Crippen molar-refractivity contribution in [3.8, 4) is 0 Å². The SMILES string of the molecule is CCn1nncc1C1(F)CCNCC1. The molecule has 0 amide bonds. The highest BCUT2D eigenvalue weighted by Gasteiger charge is 2.36. The van der Waals surface area contributed by atoms with Gasteiger partial charge in [0.1, 0.15) is 0 Å². The third-order valence-corrected chi connectivity index (χ3v) is 2.77. The van der Waals surface area contributed by atoms with E-state index in [4.69, 9.17) is 0 Å². The van der Waals surface area contributed by atoms with Crippen LogP contribution in [0.4, 0.5) is 4.39 Å². The van der Waals surface area contributed by atoms with Crippen LogP contribution in [0.5, 0.6) is 0 Å². The molecule has 0 aromatic carbocycles. The van der Waals surface area contributed by atoms with Gasteiger partial charge in [0.25, 0.3) is 0 Å². The summed E-state index contributed by atoms with van der Waals surface area (Å²) >= 11 is 0. The zero-order valence-corrected chi connectivity index (χ0v) is 8.33. The van der Waals surface area contributed by atoms with Gasteiger partial charge in [-0.2, -0.15) is 0 Å². The molecule has 5 heteroatoms. The first-order valence-electron chi connectivity index (χ1n) is 5.05. The largest absolute Gasteiger partial charge is 0.316 e. The normalized spacial score (nSPS) is 21.0. The van der Waals surface area contributed by atoms with E-state index in [1.54, 1.807) is 10.9 Å². The molecular weight excluding hydrogens is 183 g/mol. The Bertz CT molecular complexity index is 304. The van der Waals surface area contributed by atoms with Crippen LogP contribution in [0.15, 0.2) is 6.20 Å². The number of nitrogens with zero attached hydrogens (tertiary/aromatic N) is 3. The van der Waals surface area contributed by atoms with Crippen LogP contribution >= 0.6 is 0 Å². The van der Waals surface area contributed by atoms with Gasteiger partial charge in [0, 0.05) is 6.54 Å². The minimum absolute atomic E-state index is 0.514. The molecule has 2 heterocycles. The summed E-state index contributed by atoms with van der Waals surface area (Å²) in [6.07, 6.45) is 2.58. The zero-order chi connectivity index (χ0) is 10.0. The molecule has 1 aromatic rings. The highest BCUT2D eigenvalue weighted by atomic mass is 19.1. The van der Waals surface area contributed by atoms with Crippen molar-refractivity contribution in [2.24, 2.45) is 0 Å². The van der Waals surface area contributed by atoms with Crippen molar-refractivity contribution in [1.82, 2.24) is 20.3 Å². The molecule has 1 aliphatic rings. The molecule has 4 nitrogen and oxygen atoms in total. The quantitative estimate of drug-likeness (QED) is 0.766. The number of piperidine rings is 1. The Hall–Kier alpha value is -0.970. The minimum atomic E-state index is -1.23. The standard InChI is InChI=1S/C9H15FN4/c1-2-14-8(7-12-13-14)9(10)3-5-11-6-4-9/h7,11H,2-6H2,1H3. The minimum Gasteiger partial charge on any atom is -0.316 e. The maximum atomic E-state index is 14.4. The molecule has 0 atom stereocenters. The third kappa shape index (κ3) is 1.52.